The molecular weight excluding hydrogens is 240 g/mol. The quantitative estimate of drug-likeness (QED) is 0.878. The van der Waals surface area contributed by atoms with Crippen LogP contribution in [-0.4, -0.2) is 42.8 Å². The molecule has 1 fully saturated rings. The Kier molecular flexibility index (Phi) is 4.96. The maximum absolute atomic E-state index is 5.57. The van der Waals surface area contributed by atoms with Crippen molar-refractivity contribution in [3.63, 3.8) is 0 Å². The van der Waals surface area contributed by atoms with E-state index >= 15 is 0 Å². The van der Waals surface area contributed by atoms with E-state index in [1.807, 2.05) is 20.9 Å². The first-order valence-electron chi connectivity index (χ1n) is 7.13. The highest BCUT2D eigenvalue weighted by Gasteiger charge is 2.25. The predicted molar refractivity (Wildman–Crippen MR) is 76.8 cm³/mol. The molecular formula is C14H24N4O. The molecule has 0 spiro atoms. The first-order valence-corrected chi connectivity index (χ1v) is 7.13. The number of hydrogen-bond acceptors (Lipinski definition) is 5. The highest BCUT2D eigenvalue weighted by molar-refractivity contribution is 5.51. The fraction of sp³-hybridized carbons (Fsp3) is 0.714. The van der Waals surface area contributed by atoms with Crippen LogP contribution in [0.2, 0.25) is 0 Å². The predicted octanol–water partition coefficient (Wildman–Crippen LogP) is 1.76. The lowest BCUT2D eigenvalue weighted by Gasteiger charge is -2.37. The van der Waals surface area contributed by atoms with Gasteiger partial charge in [-0.15, -0.1) is 0 Å². The van der Waals surface area contributed by atoms with Gasteiger partial charge < -0.3 is 15.0 Å². The zero-order valence-corrected chi connectivity index (χ0v) is 12.1. The van der Waals surface area contributed by atoms with Crippen LogP contribution in [0.4, 0.5) is 5.82 Å². The molecule has 1 aromatic rings. The number of likely N-dealkylation sites (N-methyl/N-ethyl adjacent to an activating group) is 1. The highest BCUT2D eigenvalue weighted by atomic mass is 16.5. The molecule has 5 nitrogen and oxygen atoms in total. The molecule has 1 N–H and O–H groups in total. The zero-order valence-electron chi connectivity index (χ0n) is 12.1. The molecule has 1 atom stereocenters. The third kappa shape index (κ3) is 3.15. The molecule has 0 radical (unpaired) electrons. The first kappa shape index (κ1) is 14.1. The summed E-state index contributed by atoms with van der Waals surface area (Å²) in [6.45, 7) is 6.72. The molecule has 0 aromatic carbocycles. The Morgan fingerprint density at radius 1 is 1.42 bits per heavy atom. The number of hydrogen-bond donors (Lipinski definition) is 1. The molecule has 1 aliphatic rings. The number of rotatable bonds is 5. The van der Waals surface area contributed by atoms with Crippen molar-refractivity contribution in [3.05, 3.63) is 11.9 Å². The van der Waals surface area contributed by atoms with Gasteiger partial charge in [0.1, 0.15) is 12.1 Å². The number of piperidine rings is 1. The summed E-state index contributed by atoms with van der Waals surface area (Å²) < 4.78 is 5.57. The minimum absolute atomic E-state index is 0.516. The van der Waals surface area contributed by atoms with Crippen LogP contribution in [0.15, 0.2) is 6.33 Å². The zero-order chi connectivity index (χ0) is 13.7. The fourth-order valence-electron chi connectivity index (χ4n) is 2.72. The van der Waals surface area contributed by atoms with Crippen molar-refractivity contribution in [2.75, 3.05) is 31.6 Å². The Morgan fingerprint density at radius 3 is 3.00 bits per heavy atom. The van der Waals surface area contributed by atoms with Crippen molar-refractivity contribution >= 4 is 5.82 Å². The van der Waals surface area contributed by atoms with E-state index in [2.05, 4.69) is 20.2 Å². The Labute approximate surface area is 115 Å². The normalized spacial score (nSPS) is 19.5. The average Bonchev–Trinajstić information content (AvgIpc) is 2.43. The van der Waals surface area contributed by atoms with E-state index in [1.54, 1.807) is 6.33 Å². The van der Waals surface area contributed by atoms with Crippen molar-refractivity contribution in [1.29, 1.82) is 0 Å². The van der Waals surface area contributed by atoms with Gasteiger partial charge in [0.2, 0.25) is 5.88 Å². The van der Waals surface area contributed by atoms with Gasteiger partial charge in [-0.05, 0) is 40.2 Å². The minimum atomic E-state index is 0.516. The van der Waals surface area contributed by atoms with Crippen molar-refractivity contribution in [2.24, 2.45) is 0 Å². The number of nitrogens with one attached hydrogen (secondary N) is 1. The van der Waals surface area contributed by atoms with Gasteiger partial charge in [0.05, 0.1) is 12.2 Å². The summed E-state index contributed by atoms with van der Waals surface area (Å²) in [5.74, 6) is 1.74. The van der Waals surface area contributed by atoms with Gasteiger partial charge in [-0.2, -0.15) is 0 Å². The maximum Gasteiger partial charge on any atom is 0.221 e. The second-order valence-corrected chi connectivity index (χ2v) is 4.96. The van der Waals surface area contributed by atoms with Gasteiger partial charge in [0, 0.05) is 19.1 Å². The molecule has 0 aliphatic carbocycles. The van der Waals surface area contributed by atoms with Gasteiger partial charge in [0.25, 0.3) is 0 Å². The van der Waals surface area contributed by atoms with Crippen molar-refractivity contribution in [1.82, 2.24) is 15.3 Å². The summed E-state index contributed by atoms with van der Waals surface area (Å²) in [4.78, 5) is 11.1. The van der Waals surface area contributed by atoms with Gasteiger partial charge in [0.15, 0.2) is 0 Å². The van der Waals surface area contributed by atoms with Crippen molar-refractivity contribution in [2.45, 2.75) is 39.2 Å². The Hall–Kier alpha value is -1.36. The van der Waals surface area contributed by atoms with Crippen LogP contribution in [-0.2, 0) is 0 Å². The molecule has 0 amide bonds. The van der Waals surface area contributed by atoms with Crippen LogP contribution in [0, 0.1) is 6.92 Å². The second kappa shape index (κ2) is 6.70. The standard InChI is InChI=1S/C14H24N4O/c1-4-19-14-11(2)13(16-10-17-14)18-8-6-5-7-12(18)9-15-3/h10,12,15H,4-9H2,1-3H3. The van der Waals surface area contributed by atoms with Crippen LogP contribution in [0.5, 0.6) is 5.88 Å². The molecule has 1 saturated heterocycles. The summed E-state index contributed by atoms with van der Waals surface area (Å²) in [6, 6.07) is 0.516. The topological polar surface area (TPSA) is 50.3 Å². The fourth-order valence-corrected chi connectivity index (χ4v) is 2.72. The molecule has 19 heavy (non-hydrogen) atoms. The largest absolute Gasteiger partial charge is 0.478 e. The summed E-state index contributed by atoms with van der Waals surface area (Å²) in [5, 5.41) is 3.28. The number of ether oxygens (including phenoxy) is 1. The van der Waals surface area contributed by atoms with E-state index < -0.39 is 0 Å². The van der Waals surface area contributed by atoms with Crippen LogP contribution >= 0.6 is 0 Å². The highest BCUT2D eigenvalue weighted by Crippen LogP contribution is 2.29. The summed E-state index contributed by atoms with van der Waals surface area (Å²) >= 11 is 0. The monoisotopic (exact) mass is 264 g/mol. The third-order valence-electron chi connectivity index (χ3n) is 3.63. The summed E-state index contributed by atoms with van der Waals surface area (Å²) in [5.41, 5.74) is 1.05. The molecule has 2 rings (SSSR count). The molecule has 0 saturated carbocycles. The number of nitrogens with zero attached hydrogens (tertiary/aromatic N) is 3. The minimum Gasteiger partial charge on any atom is -0.478 e. The van der Waals surface area contributed by atoms with Crippen LogP contribution in [0.25, 0.3) is 0 Å². The van der Waals surface area contributed by atoms with Crippen molar-refractivity contribution in [3.8, 4) is 5.88 Å². The lowest BCUT2D eigenvalue weighted by atomic mass is 10.0. The van der Waals surface area contributed by atoms with Crippen LogP contribution in [0.1, 0.15) is 31.7 Å². The lowest BCUT2D eigenvalue weighted by Crippen LogP contribution is -2.45. The van der Waals surface area contributed by atoms with Crippen LogP contribution < -0.4 is 15.0 Å². The van der Waals surface area contributed by atoms with Gasteiger partial charge in [-0.1, -0.05) is 0 Å². The lowest BCUT2D eigenvalue weighted by molar-refractivity contribution is 0.323. The van der Waals surface area contributed by atoms with E-state index in [4.69, 9.17) is 4.74 Å². The molecule has 1 aliphatic heterocycles. The molecule has 106 valence electrons. The van der Waals surface area contributed by atoms with Gasteiger partial charge in [-0.3, -0.25) is 0 Å². The van der Waals surface area contributed by atoms with E-state index in [9.17, 15) is 0 Å². The molecule has 0 bridgehead atoms. The summed E-state index contributed by atoms with van der Waals surface area (Å²) in [7, 11) is 2.01. The van der Waals surface area contributed by atoms with Gasteiger partial charge in [-0.25, -0.2) is 9.97 Å². The van der Waals surface area contributed by atoms with E-state index in [1.165, 1.54) is 19.3 Å². The van der Waals surface area contributed by atoms with Crippen LogP contribution in [0.3, 0.4) is 0 Å². The van der Waals surface area contributed by atoms with E-state index in [0.29, 0.717) is 18.5 Å². The Morgan fingerprint density at radius 2 is 2.26 bits per heavy atom. The second-order valence-electron chi connectivity index (χ2n) is 4.96. The molecule has 5 heteroatoms. The van der Waals surface area contributed by atoms with Crippen molar-refractivity contribution < 1.29 is 4.74 Å². The van der Waals surface area contributed by atoms with Gasteiger partial charge >= 0.3 is 0 Å². The Balaban J connectivity index is 2.25. The first-order chi connectivity index (χ1) is 9.27. The smallest absolute Gasteiger partial charge is 0.221 e. The SMILES string of the molecule is CCOc1ncnc(N2CCCCC2CNC)c1C. The molecule has 2 heterocycles. The molecule has 1 aromatic heterocycles. The Bertz CT molecular complexity index is 408. The summed E-state index contributed by atoms with van der Waals surface area (Å²) in [6.07, 6.45) is 5.35. The van der Waals surface area contributed by atoms with E-state index in [-0.39, 0.29) is 0 Å². The van der Waals surface area contributed by atoms with E-state index in [0.717, 1.165) is 24.5 Å². The number of anilines is 1. The number of aromatic nitrogens is 2. The average molecular weight is 264 g/mol. The maximum atomic E-state index is 5.57. The molecule has 1 unspecified atom stereocenters. The third-order valence-corrected chi connectivity index (χ3v) is 3.63.